The van der Waals surface area contributed by atoms with Crippen molar-refractivity contribution in [3.05, 3.63) is 90.1 Å². The summed E-state index contributed by atoms with van der Waals surface area (Å²) in [6.07, 6.45) is -8.81. The molecule has 4 rings (SSSR count). The molecule has 70 heavy (non-hydrogen) atoms. The van der Waals surface area contributed by atoms with Gasteiger partial charge < -0.3 is 104 Å². The zero-order chi connectivity index (χ0) is 52.0. The number of pyridine rings is 1. The molecule has 30 nitrogen and oxygen atoms in total. The summed E-state index contributed by atoms with van der Waals surface area (Å²) in [6, 6.07) is 17.1. The van der Waals surface area contributed by atoms with Gasteiger partial charge in [-0.3, -0.25) is 33.8 Å². The standard InChI is InChI=1S/C40H54N22O8/c1-61(2)19-11-10-18(23(63)15-19)16-62(22-13-12-21-20(24(22)41)9-6-14-51-21)36(70)35(69)52-25(17-7-4-3-5-8-17)31(65)54-28(58-38(45)46)33(67)56-30(60-40(49)50)34(68)55-29(59-39(47)48)32(66)53-27(26(42)64)57-37(43)44/h3-15,25,27-30,36,63,70H,16,41H2,1-2H3,(H2,42,64)(H,52,69)(H,53,66)(H,54,65)(H,55,68)(H,56,67)(H4,43,44,57)(H4,45,46,58)(H4,47,48,59)(H4,49,50,60). The summed E-state index contributed by atoms with van der Waals surface area (Å²) in [5.41, 5.74) is 57.4. The number of phenols is 1. The van der Waals surface area contributed by atoms with E-state index in [0.29, 0.717) is 16.6 Å². The third-order valence-electron chi connectivity index (χ3n) is 9.49. The molecule has 6 atom stereocenters. The number of hydrogen-bond donors (Lipinski definition) is 17. The van der Waals surface area contributed by atoms with Gasteiger partial charge in [0.05, 0.1) is 16.9 Å². The van der Waals surface area contributed by atoms with E-state index < -0.39 is 96.2 Å². The number of aromatic hydroxyl groups is 1. The van der Waals surface area contributed by atoms with Gasteiger partial charge in [0.15, 0.2) is 23.8 Å². The second-order valence-corrected chi connectivity index (χ2v) is 14.9. The van der Waals surface area contributed by atoms with Crippen LogP contribution in [0.5, 0.6) is 5.75 Å². The molecule has 0 bridgehead atoms. The molecule has 1 heterocycles. The molecular weight excluding hydrogens is 917 g/mol. The van der Waals surface area contributed by atoms with Crippen molar-refractivity contribution in [1.82, 2.24) is 31.6 Å². The van der Waals surface area contributed by atoms with Gasteiger partial charge in [-0.15, -0.1) is 0 Å². The van der Waals surface area contributed by atoms with E-state index in [0.717, 1.165) is 0 Å². The highest BCUT2D eigenvalue weighted by molar-refractivity contribution is 6.01. The number of nitrogens with zero attached hydrogens (tertiary/aromatic N) is 7. The van der Waals surface area contributed by atoms with Crippen LogP contribution in [0.3, 0.4) is 0 Å². The maximum atomic E-state index is 14.3. The largest absolute Gasteiger partial charge is 0.508 e. The average molecular weight is 971 g/mol. The predicted octanol–water partition coefficient (Wildman–Crippen LogP) is -6.88. The van der Waals surface area contributed by atoms with E-state index in [2.05, 4.69) is 40.9 Å². The first-order valence-corrected chi connectivity index (χ1v) is 20.3. The van der Waals surface area contributed by atoms with Crippen molar-refractivity contribution in [1.29, 1.82) is 0 Å². The number of aliphatic hydroxyl groups is 1. The normalized spacial score (nSPS) is 13.2. The Bertz CT molecular complexity index is 2700. The van der Waals surface area contributed by atoms with Crippen LogP contribution in [-0.4, -0.2) is 119 Å². The van der Waals surface area contributed by atoms with E-state index in [1.165, 1.54) is 41.3 Å². The number of aliphatic imine (C=N–C) groups is 4. The van der Waals surface area contributed by atoms with E-state index in [4.69, 9.17) is 57.3 Å². The lowest BCUT2D eigenvalue weighted by Crippen LogP contribution is -2.58. The highest BCUT2D eigenvalue weighted by Gasteiger charge is 2.35. The monoisotopic (exact) mass is 970 g/mol. The molecule has 0 saturated heterocycles. The fourth-order valence-corrected chi connectivity index (χ4v) is 6.26. The molecule has 4 aromatic rings. The van der Waals surface area contributed by atoms with Crippen molar-refractivity contribution in [3.63, 3.8) is 0 Å². The van der Waals surface area contributed by atoms with Gasteiger partial charge in [-0.05, 0) is 35.9 Å². The number of benzene rings is 3. The number of hydrogen-bond acceptors (Lipinski definition) is 16. The second-order valence-electron chi connectivity index (χ2n) is 14.9. The van der Waals surface area contributed by atoms with Crippen molar-refractivity contribution < 1.29 is 39.0 Å². The Hall–Kier alpha value is -9.87. The lowest BCUT2D eigenvalue weighted by Gasteiger charge is -2.32. The Labute approximate surface area is 397 Å². The van der Waals surface area contributed by atoms with Crippen LogP contribution in [0.25, 0.3) is 10.9 Å². The summed E-state index contributed by atoms with van der Waals surface area (Å²) in [6.45, 7) is -0.299. The van der Waals surface area contributed by atoms with Gasteiger partial charge in [0.25, 0.3) is 29.5 Å². The molecule has 30 heteroatoms. The zero-order valence-electron chi connectivity index (χ0n) is 37.4. The van der Waals surface area contributed by atoms with E-state index >= 15 is 0 Å². The number of phenolic OH excluding ortho intramolecular Hbond substituents is 1. The van der Waals surface area contributed by atoms with Crippen molar-refractivity contribution in [3.8, 4) is 5.75 Å². The Kier molecular flexibility index (Phi) is 17.7. The minimum atomic E-state index is -2.16. The van der Waals surface area contributed by atoms with Crippen molar-refractivity contribution in [2.75, 3.05) is 29.6 Å². The molecule has 3 aromatic carbocycles. The highest BCUT2D eigenvalue weighted by Crippen LogP contribution is 2.34. The summed E-state index contributed by atoms with van der Waals surface area (Å²) in [4.78, 5) is 103. The Morgan fingerprint density at radius 1 is 0.614 bits per heavy atom. The number of rotatable bonds is 21. The summed E-state index contributed by atoms with van der Waals surface area (Å²) in [5.74, 6) is -10.8. The summed E-state index contributed by atoms with van der Waals surface area (Å²) >= 11 is 0. The number of aliphatic hydroxyl groups excluding tert-OH is 1. The number of aromatic nitrogens is 1. The molecule has 372 valence electrons. The van der Waals surface area contributed by atoms with Crippen LogP contribution in [0.1, 0.15) is 17.2 Å². The van der Waals surface area contributed by atoms with Gasteiger partial charge in [-0.25, -0.2) is 20.0 Å². The number of amides is 6. The number of guanidine groups is 4. The van der Waals surface area contributed by atoms with Gasteiger partial charge in [0, 0.05) is 49.5 Å². The molecule has 0 fully saturated rings. The smallest absolute Gasteiger partial charge is 0.270 e. The molecule has 1 aromatic heterocycles. The van der Waals surface area contributed by atoms with Gasteiger partial charge >= 0.3 is 0 Å². The van der Waals surface area contributed by atoms with Crippen LogP contribution in [0.4, 0.5) is 17.1 Å². The quantitative estimate of drug-likeness (QED) is 0.0160. The lowest BCUT2D eigenvalue weighted by molar-refractivity contribution is -0.136. The number of primary amides is 1. The average Bonchev–Trinajstić information content (AvgIpc) is 3.29. The number of nitrogen functional groups attached to an aromatic ring is 1. The van der Waals surface area contributed by atoms with Crippen LogP contribution in [0.15, 0.2) is 99.0 Å². The van der Waals surface area contributed by atoms with Crippen LogP contribution in [0, 0.1) is 0 Å². The minimum absolute atomic E-state index is 0.115. The molecule has 6 amide bonds. The fraction of sp³-hybridized carbons (Fsp3) is 0.225. The van der Waals surface area contributed by atoms with E-state index in [1.807, 2.05) is 10.6 Å². The van der Waals surface area contributed by atoms with Gasteiger partial charge in [0.1, 0.15) is 11.8 Å². The first-order valence-electron chi connectivity index (χ1n) is 20.3. The maximum Gasteiger partial charge on any atom is 0.270 e. The maximum absolute atomic E-state index is 14.3. The molecule has 0 saturated carbocycles. The Morgan fingerprint density at radius 3 is 1.60 bits per heavy atom. The van der Waals surface area contributed by atoms with Crippen LogP contribution >= 0.6 is 0 Å². The highest BCUT2D eigenvalue weighted by atomic mass is 16.3. The van der Waals surface area contributed by atoms with Gasteiger partial charge in [0.2, 0.25) is 36.8 Å². The first-order chi connectivity index (χ1) is 33.0. The number of fused-ring (bicyclic) bond motifs is 1. The predicted molar refractivity (Wildman–Crippen MR) is 258 cm³/mol. The summed E-state index contributed by atoms with van der Waals surface area (Å²) < 4.78 is 0. The molecule has 0 aliphatic heterocycles. The number of nitrogens with two attached hydrogens (primary N) is 10. The minimum Gasteiger partial charge on any atom is -0.508 e. The molecule has 0 aliphatic rings. The molecule has 6 unspecified atom stereocenters. The number of carbonyl (C=O) groups is 6. The number of anilines is 3. The van der Waals surface area contributed by atoms with Crippen molar-refractivity contribution >= 4 is 87.2 Å². The van der Waals surface area contributed by atoms with Crippen molar-refractivity contribution in [2.24, 2.45) is 71.6 Å². The number of carbonyl (C=O) groups excluding carboxylic acids is 6. The molecule has 0 radical (unpaired) electrons. The van der Waals surface area contributed by atoms with Crippen LogP contribution in [-0.2, 0) is 35.3 Å². The summed E-state index contributed by atoms with van der Waals surface area (Å²) in [5, 5.41) is 34.3. The van der Waals surface area contributed by atoms with E-state index in [1.54, 1.807) is 61.6 Å². The van der Waals surface area contributed by atoms with Gasteiger partial charge in [-0.2, -0.15) is 0 Å². The topological polar surface area (TPSA) is 532 Å². The molecule has 0 spiro atoms. The first kappa shape index (κ1) is 52.8. The molecule has 27 N–H and O–H groups in total. The zero-order valence-corrected chi connectivity index (χ0v) is 37.4. The van der Waals surface area contributed by atoms with E-state index in [9.17, 15) is 39.0 Å². The third-order valence-corrected chi connectivity index (χ3v) is 9.49. The molecular formula is C40H54N22O8. The Balaban J connectivity index is 1.67. The van der Waals surface area contributed by atoms with Crippen LogP contribution < -0.4 is 93.7 Å². The van der Waals surface area contributed by atoms with Gasteiger partial charge in [-0.1, -0.05) is 36.4 Å². The second kappa shape index (κ2) is 23.5. The van der Waals surface area contributed by atoms with E-state index in [-0.39, 0.29) is 34.8 Å². The third kappa shape index (κ3) is 14.3. The van der Waals surface area contributed by atoms with Crippen LogP contribution in [0.2, 0.25) is 0 Å². The Morgan fingerprint density at radius 2 is 1.11 bits per heavy atom. The SMILES string of the molecule is CN(C)c1ccc(CN(c2ccc3ncccc3c2N)C(O)C(=O)NC(C(=O)NC(N=C(N)N)C(=O)NC(N=C(N)N)C(=O)NC(N=C(N)N)C(=O)NC(N=C(N)N)C(N)=O)c2ccccc2)c(O)c1. The lowest BCUT2D eigenvalue weighted by atomic mass is 10.1. The fourth-order valence-electron chi connectivity index (χ4n) is 6.26. The molecule has 0 aliphatic carbocycles. The van der Waals surface area contributed by atoms with Crippen molar-refractivity contribution in [2.45, 2.75) is 43.5 Å². The number of nitrogens with one attached hydrogen (secondary N) is 5. The summed E-state index contributed by atoms with van der Waals surface area (Å²) in [7, 11) is 3.54.